The van der Waals surface area contributed by atoms with Crippen LogP contribution >= 0.6 is 0 Å². The summed E-state index contributed by atoms with van der Waals surface area (Å²) in [5.74, 6) is 0. The zero-order valence-electron chi connectivity index (χ0n) is 4.22. The maximum atomic E-state index is 4.94. The fourth-order valence-corrected chi connectivity index (χ4v) is 0.507. The molecule has 1 radical (unpaired) electrons. The average Bonchev–Trinajstić information content (AvgIpc) is 1.90. The Morgan fingerprint density at radius 3 is 3.43 bits per heavy atom. The molecule has 0 aromatic rings. The van der Waals surface area contributed by atoms with Crippen LogP contribution in [0.4, 0.5) is 0 Å². The van der Waals surface area contributed by atoms with Crippen molar-refractivity contribution in [3.63, 3.8) is 0 Å². The van der Waals surface area contributed by atoms with E-state index in [2.05, 4.69) is 0 Å². The van der Waals surface area contributed by atoms with Crippen molar-refractivity contribution in [1.82, 2.24) is 0 Å². The quantitative estimate of drug-likeness (QED) is 0.452. The third-order valence-corrected chi connectivity index (χ3v) is 0.880. The lowest BCUT2D eigenvalue weighted by atomic mass is 10.3. The van der Waals surface area contributed by atoms with Gasteiger partial charge in [-0.1, -0.05) is 0 Å². The van der Waals surface area contributed by atoms with Crippen LogP contribution in [-0.2, 0) is 9.47 Å². The van der Waals surface area contributed by atoms with Crippen molar-refractivity contribution in [1.29, 1.82) is 0 Å². The molecule has 0 aromatic carbocycles. The molecule has 0 amide bonds. The van der Waals surface area contributed by atoms with Crippen molar-refractivity contribution in [3.05, 3.63) is 6.61 Å². The first kappa shape index (κ1) is 5.06. The van der Waals surface area contributed by atoms with Crippen molar-refractivity contribution in [2.24, 2.45) is 0 Å². The molecule has 7 heavy (non-hydrogen) atoms. The minimum atomic E-state index is 0.444. The molecule has 0 N–H and O–H groups in total. The van der Waals surface area contributed by atoms with E-state index >= 15 is 0 Å². The van der Waals surface area contributed by atoms with Gasteiger partial charge in [0.25, 0.3) is 0 Å². The van der Waals surface area contributed by atoms with Crippen LogP contribution in [0.3, 0.4) is 0 Å². The Bertz CT molecular complexity index is 25.7. The maximum Gasteiger partial charge on any atom is 0.147 e. The Morgan fingerprint density at radius 1 is 1.43 bits per heavy atom. The van der Waals surface area contributed by atoms with Gasteiger partial charge in [-0.3, -0.25) is 0 Å². The lowest BCUT2D eigenvalue weighted by Gasteiger charge is -1.92. The maximum absolute atomic E-state index is 4.94. The molecule has 0 aromatic heterocycles. The molecule has 1 heterocycles. The summed E-state index contributed by atoms with van der Waals surface area (Å²) >= 11 is 0. The Hall–Kier alpha value is -0.0800. The minimum absolute atomic E-state index is 0.444. The molecule has 1 rings (SSSR count). The standard InChI is InChI=1S/C5H9O2/c1-2-4-7-5-6-3-1/h3H,1-2,4-5H2. The number of hydrogen-bond donors (Lipinski definition) is 0. The number of hydrogen-bond acceptors (Lipinski definition) is 2. The molecule has 0 bridgehead atoms. The van der Waals surface area contributed by atoms with E-state index in [1.54, 1.807) is 6.61 Å². The number of rotatable bonds is 0. The van der Waals surface area contributed by atoms with Gasteiger partial charge in [0.05, 0.1) is 6.61 Å². The Morgan fingerprint density at radius 2 is 2.43 bits per heavy atom. The molecule has 2 heteroatoms. The molecule has 0 unspecified atom stereocenters. The monoisotopic (exact) mass is 101 g/mol. The summed E-state index contributed by atoms with van der Waals surface area (Å²) in [4.78, 5) is 0. The summed E-state index contributed by atoms with van der Waals surface area (Å²) in [6.45, 7) is 3.09. The largest absolute Gasteiger partial charge is 0.355 e. The van der Waals surface area contributed by atoms with Crippen LogP contribution in [0.2, 0.25) is 0 Å². The van der Waals surface area contributed by atoms with Crippen LogP contribution < -0.4 is 0 Å². The van der Waals surface area contributed by atoms with E-state index in [1.165, 1.54) is 0 Å². The Kier molecular flexibility index (Phi) is 2.17. The van der Waals surface area contributed by atoms with E-state index in [-0.39, 0.29) is 0 Å². The van der Waals surface area contributed by atoms with Gasteiger partial charge in [0.1, 0.15) is 6.79 Å². The summed E-state index contributed by atoms with van der Waals surface area (Å²) in [6.07, 6.45) is 2.12. The summed E-state index contributed by atoms with van der Waals surface area (Å²) in [7, 11) is 0. The smallest absolute Gasteiger partial charge is 0.147 e. The summed E-state index contributed by atoms with van der Waals surface area (Å²) in [6, 6.07) is 0. The fourth-order valence-electron chi connectivity index (χ4n) is 0.507. The van der Waals surface area contributed by atoms with Crippen LogP contribution in [0.15, 0.2) is 0 Å². The first-order valence-corrected chi connectivity index (χ1v) is 2.51. The van der Waals surface area contributed by atoms with E-state index in [0.29, 0.717) is 6.79 Å². The van der Waals surface area contributed by atoms with Gasteiger partial charge in [0, 0.05) is 6.61 Å². The topological polar surface area (TPSA) is 18.5 Å². The van der Waals surface area contributed by atoms with Crippen molar-refractivity contribution < 1.29 is 9.47 Å². The fraction of sp³-hybridized carbons (Fsp3) is 0.800. The van der Waals surface area contributed by atoms with Crippen LogP contribution in [0.25, 0.3) is 0 Å². The molecule has 0 aliphatic carbocycles. The van der Waals surface area contributed by atoms with Gasteiger partial charge in [-0.25, -0.2) is 0 Å². The SMILES string of the molecule is [CH]1CCCOCO1. The Labute approximate surface area is 43.4 Å². The highest BCUT2D eigenvalue weighted by Gasteiger charge is 1.95. The first-order valence-electron chi connectivity index (χ1n) is 2.51. The van der Waals surface area contributed by atoms with Gasteiger partial charge in [-0.15, -0.1) is 0 Å². The van der Waals surface area contributed by atoms with E-state index in [4.69, 9.17) is 9.47 Å². The second kappa shape index (κ2) is 2.99. The predicted octanol–water partition coefficient (Wildman–Crippen LogP) is 0.933. The third kappa shape index (κ3) is 1.90. The van der Waals surface area contributed by atoms with Crippen molar-refractivity contribution in [2.45, 2.75) is 12.8 Å². The molecular weight excluding hydrogens is 92.1 g/mol. The van der Waals surface area contributed by atoms with Gasteiger partial charge in [0.15, 0.2) is 0 Å². The van der Waals surface area contributed by atoms with Crippen molar-refractivity contribution in [3.8, 4) is 0 Å². The summed E-state index contributed by atoms with van der Waals surface area (Å²) in [5.41, 5.74) is 0. The predicted molar refractivity (Wildman–Crippen MR) is 25.4 cm³/mol. The van der Waals surface area contributed by atoms with Gasteiger partial charge in [-0.2, -0.15) is 0 Å². The molecule has 0 spiro atoms. The molecular formula is C5H9O2. The minimum Gasteiger partial charge on any atom is -0.355 e. The van der Waals surface area contributed by atoms with Gasteiger partial charge < -0.3 is 9.47 Å². The van der Waals surface area contributed by atoms with E-state index in [0.717, 1.165) is 19.4 Å². The van der Waals surface area contributed by atoms with E-state index in [9.17, 15) is 0 Å². The average molecular weight is 101 g/mol. The van der Waals surface area contributed by atoms with Crippen LogP contribution in [-0.4, -0.2) is 13.4 Å². The van der Waals surface area contributed by atoms with Crippen LogP contribution in [0.5, 0.6) is 0 Å². The summed E-state index contributed by atoms with van der Waals surface area (Å²) in [5, 5.41) is 0. The van der Waals surface area contributed by atoms with Crippen molar-refractivity contribution >= 4 is 0 Å². The first-order chi connectivity index (χ1) is 3.50. The molecule has 1 fully saturated rings. The molecule has 0 saturated carbocycles. The van der Waals surface area contributed by atoms with E-state index in [1.807, 2.05) is 0 Å². The molecule has 0 atom stereocenters. The van der Waals surface area contributed by atoms with Crippen molar-refractivity contribution in [2.75, 3.05) is 13.4 Å². The van der Waals surface area contributed by atoms with Crippen LogP contribution in [0, 0.1) is 6.61 Å². The van der Waals surface area contributed by atoms with Gasteiger partial charge in [-0.05, 0) is 12.8 Å². The van der Waals surface area contributed by atoms with Gasteiger partial charge >= 0.3 is 0 Å². The molecule has 41 valence electrons. The van der Waals surface area contributed by atoms with Gasteiger partial charge in [0.2, 0.25) is 0 Å². The summed E-state index contributed by atoms with van der Waals surface area (Å²) < 4.78 is 9.79. The zero-order valence-corrected chi connectivity index (χ0v) is 4.22. The molecule has 2 nitrogen and oxygen atoms in total. The lowest BCUT2D eigenvalue weighted by Crippen LogP contribution is -1.91. The van der Waals surface area contributed by atoms with Crippen LogP contribution in [0.1, 0.15) is 12.8 Å². The second-order valence-corrected chi connectivity index (χ2v) is 1.50. The highest BCUT2D eigenvalue weighted by atomic mass is 16.7. The highest BCUT2D eigenvalue weighted by molar-refractivity contribution is 4.51. The number of ether oxygens (including phenoxy) is 2. The highest BCUT2D eigenvalue weighted by Crippen LogP contribution is 2.00. The lowest BCUT2D eigenvalue weighted by molar-refractivity contribution is -0.0105. The zero-order chi connectivity index (χ0) is 4.95. The third-order valence-electron chi connectivity index (χ3n) is 0.880. The second-order valence-electron chi connectivity index (χ2n) is 1.50. The molecule has 1 aliphatic heterocycles. The molecule has 1 aliphatic rings. The Balaban J connectivity index is 2.04. The normalized spacial score (nSPS) is 24.0. The van der Waals surface area contributed by atoms with E-state index < -0.39 is 0 Å². The molecule has 1 saturated heterocycles.